The average molecular weight is 374 g/mol. The number of amides is 2. The summed E-state index contributed by atoms with van der Waals surface area (Å²) >= 11 is 0. The van der Waals surface area contributed by atoms with Crippen LogP contribution >= 0.6 is 0 Å². The van der Waals surface area contributed by atoms with E-state index in [4.69, 9.17) is 0 Å². The van der Waals surface area contributed by atoms with Crippen molar-refractivity contribution in [3.05, 3.63) is 95.6 Å². The van der Waals surface area contributed by atoms with Crippen LogP contribution in [0.3, 0.4) is 0 Å². The predicted octanol–water partition coefficient (Wildman–Crippen LogP) is 2.72. The molecule has 3 aromatic rings. The molecule has 142 valence electrons. The summed E-state index contributed by atoms with van der Waals surface area (Å²) in [7, 11) is 1.78. The lowest BCUT2D eigenvalue weighted by Gasteiger charge is -2.17. The summed E-state index contributed by atoms with van der Waals surface area (Å²) < 4.78 is 0. The van der Waals surface area contributed by atoms with Gasteiger partial charge in [0.05, 0.1) is 0 Å². The minimum absolute atomic E-state index is 0.0728. The van der Waals surface area contributed by atoms with E-state index in [2.05, 4.69) is 15.3 Å². The Kier molecular flexibility index (Phi) is 6.46. The maximum Gasteiger partial charge on any atom is 0.253 e. The normalized spacial score (nSPS) is 10.3. The minimum Gasteiger partial charge on any atom is -0.348 e. The maximum absolute atomic E-state index is 12.6. The Labute approximate surface area is 164 Å². The van der Waals surface area contributed by atoms with Crippen LogP contribution in [-0.4, -0.2) is 40.3 Å². The minimum atomic E-state index is -0.186. The molecule has 0 fully saturated rings. The number of carbonyl (C=O) groups excluding carboxylic acids is 2. The van der Waals surface area contributed by atoms with E-state index in [1.807, 2.05) is 24.3 Å². The van der Waals surface area contributed by atoms with Crippen LogP contribution in [0, 0.1) is 0 Å². The molecule has 0 saturated heterocycles. The van der Waals surface area contributed by atoms with Crippen molar-refractivity contribution >= 4 is 11.8 Å². The van der Waals surface area contributed by atoms with Gasteiger partial charge in [0.15, 0.2) is 0 Å². The molecule has 2 heterocycles. The fraction of sp³-hybridized carbons (Fsp3) is 0.182. The highest BCUT2D eigenvalue weighted by Gasteiger charge is 2.13. The molecule has 1 aromatic carbocycles. The number of likely N-dealkylation sites (N-methyl/N-ethyl adjacent to an activating group) is 1. The zero-order valence-corrected chi connectivity index (χ0v) is 15.7. The largest absolute Gasteiger partial charge is 0.348 e. The lowest BCUT2D eigenvalue weighted by atomic mass is 10.1. The van der Waals surface area contributed by atoms with Crippen molar-refractivity contribution in [2.24, 2.45) is 0 Å². The Hall–Kier alpha value is -3.54. The van der Waals surface area contributed by atoms with E-state index >= 15 is 0 Å². The second-order valence-corrected chi connectivity index (χ2v) is 6.45. The Morgan fingerprint density at radius 1 is 0.893 bits per heavy atom. The van der Waals surface area contributed by atoms with Crippen molar-refractivity contribution in [1.29, 1.82) is 0 Å². The topological polar surface area (TPSA) is 75.2 Å². The van der Waals surface area contributed by atoms with Crippen molar-refractivity contribution in [2.45, 2.75) is 13.0 Å². The first kappa shape index (κ1) is 19.2. The third-order valence-electron chi connectivity index (χ3n) is 4.40. The first-order valence-electron chi connectivity index (χ1n) is 9.05. The highest BCUT2D eigenvalue weighted by atomic mass is 16.2. The van der Waals surface area contributed by atoms with Crippen LogP contribution in [0.25, 0.3) is 0 Å². The summed E-state index contributed by atoms with van der Waals surface area (Å²) in [4.78, 5) is 34.5. The molecule has 0 aliphatic rings. The second-order valence-electron chi connectivity index (χ2n) is 6.45. The summed E-state index contributed by atoms with van der Waals surface area (Å²) in [5.41, 5.74) is 3.13. The molecular weight excluding hydrogens is 352 g/mol. The molecule has 0 radical (unpaired) electrons. The van der Waals surface area contributed by atoms with Gasteiger partial charge in [-0.2, -0.15) is 0 Å². The van der Waals surface area contributed by atoms with Crippen LogP contribution in [0.2, 0.25) is 0 Å². The highest BCUT2D eigenvalue weighted by Crippen LogP contribution is 2.09. The summed E-state index contributed by atoms with van der Waals surface area (Å²) in [6.07, 6.45) is 7.66. The zero-order chi connectivity index (χ0) is 19.8. The number of carbonyl (C=O) groups is 2. The predicted molar refractivity (Wildman–Crippen MR) is 107 cm³/mol. The molecule has 0 aliphatic heterocycles. The SMILES string of the molecule is CN(CCc1ccncc1)C(=O)c1ccc(C(=O)NCc2cccnc2)cc1. The van der Waals surface area contributed by atoms with Gasteiger partial charge < -0.3 is 10.2 Å². The van der Waals surface area contributed by atoms with E-state index in [0.29, 0.717) is 24.2 Å². The summed E-state index contributed by atoms with van der Waals surface area (Å²) in [6.45, 7) is 1.02. The number of hydrogen-bond acceptors (Lipinski definition) is 4. The van der Waals surface area contributed by atoms with Crippen LogP contribution in [-0.2, 0) is 13.0 Å². The Bertz CT molecular complexity index is 912. The standard InChI is InChI=1S/C22H22N4O2/c1-26(14-10-17-8-12-23-13-9-17)22(28)20-6-4-19(5-7-20)21(27)25-16-18-3-2-11-24-15-18/h2-9,11-13,15H,10,14,16H2,1H3,(H,25,27). The van der Waals surface area contributed by atoms with Crippen LogP contribution in [0.4, 0.5) is 0 Å². The average Bonchev–Trinajstić information content (AvgIpc) is 2.77. The Balaban J connectivity index is 1.53. The summed E-state index contributed by atoms with van der Waals surface area (Å²) in [6, 6.07) is 14.3. The number of aromatic nitrogens is 2. The first-order chi connectivity index (χ1) is 13.6. The molecule has 6 nitrogen and oxygen atoms in total. The third kappa shape index (κ3) is 5.23. The Morgan fingerprint density at radius 2 is 1.61 bits per heavy atom. The molecule has 1 N–H and O–H groups in total. The lowest BCUT2D eigenvalue weighted by molar-refractivity contribution is 0.0795. The van der Waals surface area contributed by atoms with E-state index in [9.17, 15) is 9.59 Å². The van der Waals surface area contributed by atoms with E-state index in [1.165, 1.54) is 0 Å². The number of nitrogens with one attached hydrogen (secondary N) is 1. The summed E-state index contributed by atoms with van der Waals surface area (Å²) in [5.74, 6) is -0.259. The Morgan fingerprint density at radius 3 is 2.29 bits per heavy atom. The smallest absolute Gasteiger partial charge is 0.253 e. The molecule has 0 atom stereocenters. The van der Waals surface area contributed by atoms with E-state index < -0.39 is 0 Å². The van der Waals surface area contributed by atoms with Crippen LogP contribution < -0.4 is 5.32 Å². The molecule has 6 heteroatoms. The second kappa shape index (κ2) is 9.41. The zero-order valence-electron chi connectivity index (χ0n) is 15.7. The quantitative estimate of drug-likeness (QED) is 0.690. The van der Waals surface area contributed by atoms with Gasteiger partial charge in [0.25, 0.3) is 11.8 Å². The molecule has 0 spiro atoms. The number of rotatable bonds is 7. The van der Waals surface area contributed by atoms with Crippen LogP contribution in [0.5, 0.6) is 0 Å². The first-order valence-corrected chi connectivity index (χ1v) is 9.05. The van der Waals surface area contributed by atoms with Crippen molar-refractivity contribution in [2.75, 3.05) is 13.6 Å². The van der Waals surface area contributed by atoms with Gasteiger partial charge in [-0.3, -0.25) is 19.6 Å². The fourth-order valence-corrected chi connectivity index (χ4v) is 2.72. The molecule has 2 amide bonds. The number of pyridine rings is 2. The van der Waals surface area contributed by atoms with Crippen LogP contribution in [0.15, 0.2) is 73.3 Å². The molecule has 28 heavy (non-hydrogen) atoms. The van der Waals surface area contributed by atoms with Gasteiger partial charge in [-0.05, 0) is 60.0 Å². The van der Waals surface area contributed by atoms with E-state index in [-0.39, 0.29) is 11.8 Å². The molecule has 0 aliphatic carbocycles. The van der Waals surface area contributed by atoms with Gasteiger partial charge in [-0.25, -0.2) is 0 Å². The highest BCUT2D eigenvalue weighted by molar-refractivity contribution is 5.97. The van der Waals surface area contributed by atoms with Gasteiger partial charge in [0.1, 0.15) is 0 Å². The molecular formula is C22H22N4O2. The summed E-state index contributed by atoms with van der Waals surface area (Å²) in [5, 5.41) is 2.85. The monoisotopic (exact) mass is 374 g/mol. The van der Waals surface area contributed by atoms with Crippen LogP contribution in [0.1, 0.15) is 31.8 Å². The number of benzene rings is 1. The van der Waals surface area contributed by atoms with E-state index in [1.54, 1.807) is 61.0 Å². The number of nitrogens with zero attached hydrogens (tertiary/aromatic N) is 3. The van der Waals surface area contributed by atoms with Crippen molar-refractivity contribution in [3.8, 4) is 0 Å². The molecule has 2 aromatic heterocycles. The van der Waals surface area contributed by atoms with Crippen molar-refractivity contribution < 1.29 is 9.59 Å². The van der Waals surface area contributed by atoms with E-state index in [0.717, 1.165) is 17.5 Å². The van der Waals surface area contributed by atoms with Gasteiger partial charge in [0.2, 0.25) is 0 Å². The molecule has 0 bridgehead atoms. The lowest BCUT2D eigenvalue weighted by Crippen LogP contribution is -2.29. The van der Waals surface area contributed by atoms with Crippen molar-refractivity contribution in [1.82, 2.24) is 20.2 Å². The molecule has 3 rings (SSSR count). The molecule has 0 unspecified atom stereocenters. The van der Waals surface area contributed by atoms with Gasteiger partial charge in [0, 0.05) is 56.1 Å². The van der Waals surface area contributed by atoms with Gasteiger partial charge in [-0.15, -0.1) is 0 Å². The van der Waals surface area contributed by atoms with Gasteiger partial charge in [-0.1, -0.05) is 6.07 Å². The number of hydrogen-bond donors (Lipinski definition) is 1. The fourth-order valence-electron chi connectivity index (χ4n) is 2.72. The third-order valence-corrected chi connectivity index (χ3v) is 4.40. The van der Waals surface area contributed by atoms with Gasteiger partial charge >= 0.3 is 0 Å². The maximum atomic E-state index is 12.6. The van der Waals surface area contributed by atoms with Crippen molar-refractivity contribution in [3.63, 3.8) is 0 Å². The molecule has 0 saturated carbocycles.